The monoisotopic (exact) mass is 206 g/mol. The highest BCUT2D eigenvalue weighted by Gasteiger charge is 2.27. The van der Waals surface area contributed by atoms with E-state index in [4.69, 9.17) is 21.1 Å². The molecule has 84 valence electrons. The van der Waals surface area contributed by atoms with Crippen LogP contribution in [0.25, 0.3) is 0 Å². The molecule has 0 bridgehead atoms. The highest BCUT2D eigenvalue weighted by Crippen LogP contribution is 2.07. The Kier molecular flexibility index (Phi) is 5.63. The smallest absolute Gasteiger partial charge is 0.321 e. The fourth-order valence-corrected chi connectivity index (χ4v) is 0.924. The van der Waals surface area contributed by atoms with Crippen LogP contribution in [0.2, 0.25) is 0 Å². The molecule has 0 aliphatic rings. The summed E-state index contributed by atoms with van der Waals surface area (Å²) < 4.78 is 0. The lowest BCUT2D eigenvalue weighted by Gasteiger charge is -2.30. The van der Waals surface area contributed by atoms with Gasteiger partial charge in [0.2, 0.25) is 0 Å². The number of hydrogen-bond acceptors (Lipinski definition) is 5. The van der Waals surface area contributed by atoms with Gasteiger partial charge in [-0.3, -0.25) is 4.79 Å². The molecule has 6 heteroatoms. The van der Waals surface area contributed by atoms with Gasteiger partial charge >= 0.3 is 5.97 Å². The van der Waals surface area contributed by atoms with E-state index < -0.39 is 17.6 Å². The summed E-state index contributed by atoms with van der Waals surface area (Å²) in [6, 6.07) is -1.03. The van der Waals surface area contributed by atoms with Gasteiger partial charge in [-0.2, -0.15) is 0 Å². The van der Waals surface area contributed by atoms with E-state index in [1.54, 1.807) is 6.92 Å². The molecule has 14 heavy (non-hydrogen) atoms. The van der Waals surface area contributed by atoms with Crippen LogP contribution < -0.4 is 11.1 Å². The van der Waals surface area contributed by atoms with Crippen LogP contribution in [0, 0.1) is 0 Å². The fraction of sp³-hybridized carbons (Fsp3) is 0.875. The molecule has 0 spiro atoms. The molecular weight excluding hydrogens is 188 g/mol. The summed E-state index contributed by atoms with van der Waals surface area (Å²) >= 11 is 0. The molecule has 0 saturated heterocycles. The minimum atomic E-state index is -1.11. The second-order valence-electron chi connectivity index (χ2n) is 3.28. The van der Waals surface area contributed by atoms with E-state index in [2.05, 4.69) is 5.32 Å². The minimum Gasteiger partial charge on any atom is -0.480 e. The van der Waals surface area contributed by atoms with Crippen LogP contribution in [0.4, 0.5) is 0 Å². The van der Waals surface area contributed by atoms with Crippen molar-refractivity contribution in [2.45, 2.75) is 24.9 Å². The summed E-state index contributed by atoms with van der Waals surface area (Å²) in [5.41, 5.74) is 4.42. The standard InChI is InChI=1S/C8H18N2O4/c1-2-8(4-11,5-12)10-3-6(9)7(13)14/h6,10-12H,2-5,9H2,1H3,(H,13,14). The van der Waals surface area contributed by atoms with Crippen molar-refractivity contribution in [1.29, 1.82) is 0 Å². The van der Waals surface area contributed by atoms with Gasteiger partial charge in [-0.15, -0.1) is 0 Å². The van der Waals surface area contributed by atoms with Crippen molar-refractivity contribution in [3.63, 3.8) is 0 Å². The van der Waals surface area contributed by atoms with Crippen molar-refractivity contribution in [1.82, 2.24) is 5.32 Å². The predicted molar refractivity (Wildman–Crippen MR) is 50.8 cm³/mol. The molecule has 0 heterocycles. The number of nitrogens with two attached hydrogens (primary N) is 1. The van der Waals surface area contributed by atoms with Crippen LogP contribution in [0.5, 0.6) is 0 Å². The zero-order chi connectivity index (χ0) is 11.2. The van der Waals surface area contributed by atoms with Crippen molar-refractivity contribution < 1.29 is 20.1 Å². The molecule has 0 aliphatic heterocycles. The van der Waals surface area contributed by atoms with Gasteiger partial charge < -0.3 is 26.4 Å². The largest absolute Gasteiger partial charge is 0.480 e. The van der Waals surface area contributed by atoms with Gasteiger partial charge in [0.15, 0.2) is 0 Å². The second kappa shape index (κ2) is 5.92. The van der Waals surface area contributed by atoms with Gasteiger partial charge in [0.25, 0.3) is 0 Å². The first-order valence-electron chi connectivity index (χ1n) is 4.46. The van der Waals surface area contributed by atoms with Gasteiger partial charge in [-0.1, -0.05) is 6.92 Å². The minimum absolute atomic E-state index is 0.0181. The van der Waals surface area contributed by atoms with Gasteiger partial charge in [0.05, 0.1) is 18.8 Å². The molecule has 0 saturated carbocycles. The van der Waals surface area contributed by atoms with Crippen molar-refractivity contribution >= 4 is 5.97 Å². The Hall–Kier alpha value is -0.690. The van der Waals surface area contributed by atoms with E-state index in [9.17, 15) is 4.79 Å². The Bertz CT molecular complexity index is 174. The van der Waals surface area contributed by atoms with E-state index in [0.29, 0.717) is 6.42 Å². The average molecular weight is 206 g/mol. The lowest BCUT2D eigenvalue weighted by atomic mass is 9.98. The Morgan fingerprint density at radius 1 is 1.50 bits per heavy atom. The SMILES string of the molecule is CCC(CO)(CO)NCC(N)C(=O)O. The van der Waals surface area contributed by atoms with Gasteiger partial charge in [-0.25, -0.2) is 0 Å². The van der Waals surface area contributed by atoms with Gasteiger partial charge in [0, 0.05) is 6.54 Å². The maximum Gasteiger partial charge on any atom is 0.321 e. The molecule has 0 aromatic carbocycles. The van der Waals surface area contributed by atoms with Crippen molar-refractivity contribution in [2.75, 3.05) is 19.8 Å². The molecule has 0 rings (SSSR count). The number of carboxylic acids is 1. The van der Waals surface area contributed by atoms with Crippen LogP contribution in [-0.4, -0.2) is 52.6 Å². The third-order valence-electron chi connectivity index (χ3n) is 2.30. The number of aliphatic hydroxyl groups is 2. The van der Waals surface area contributed by atoms with Crippen molar-refractivity contribution in [2.24, 2.45) is 5.73 Å². The summed E-state index contributed by atoms with van der Waals surface area (Å²) in [4.78, 5) is 10.4. The summed E-state index contributed by atoms with van der Waals surface area (Å²) in [7, 11) is 0. The average Bonchev–Trinajstić information content (AvgIpc) is 2.20. The van der Waals surface area contributed by atoms with Crippen LogP contribution >= 0.6 is 0 Å². The van der Waals surface area contributed by atoms with Crippen LogP contribution in [0.1, 0.15) is 13.3 Å². The first kappa shape index (κ1) is 13.3. The predicted octanol–water partition coefficient (Wildman–Crippen LogP) is -1.88. The molecule has 6 N–H and O–H groups in total. The molecule has 6 nitrogen and oxygen atoms in total. The summed E-state index contributed by atoms with van der Waals surface area (Å²) in [6.45, 7) is 1.29. The quantitative estimate of drug-likeness (QED) is 0.333. The second-order valence-corrected chi connectivity index (χ2v) is 3.28. The van der Waals surface area contributed by atoms with Gasteiger partial charge in [-0.05, 0) is 6.42 Å². The summed E-state index contributed by atoms with van der Waals surface area (Å²) in [6.07, 6.45) is 0.492. The van der Waals surface area contributed by atoms with Gasteiger partial charge in [0.1, 0.15) is 6.04 Å². The lowest BCUT2D eigenvalue weighted by Crippen LogP contribution is -2.55. The van der Waals surface area contributed by atoms with E-state index in [1.807, 2.05) is 0 Å². The van der Waals surface area contributed by atoms with Crippen molar-refractivity contribution in [3.05, 3.63) is 0 Å². The Morgan fingerprint density at radius 3 is 2.29 bits per heavy atom. The first-order chi connectivity index (χ1) is 6.51. The molecule has 0 aromatic rings. The lowest BCUT2D eigenvalue weighted by molar-refractivity contribution is -0.138. The summed E-state index contributed by atoms with van der Waals surface area (Å²) in [5, 5.41) is 29.3. The Balaban J connectivity index is 4.12. The van der Waals surface area contributed by atoms with E-state index >= 15 is 0 Å². The number of carboxylic acid groups (broad SMARTS) is 1. The molecule has 0 aromatic heterocycles. The highest BCUT2D eigenvalue weighted by molar-refractivity contribution is 5.73. The molecule has 0 fully saturated rings. The topological polar surface area (TPSA) is 116 Å². The normalized spacial score (nSPS) is 14.0. The molecule has 1 atom stereocenters. The van der Waals surface area contributed by atoms with E-state index in [-0.39, 0.29) is 19.8 Å². The summed E-state index contributed by atoms with van der Waals surface area (Å²) in [5.74, 6) is -1.11. The zero-order valence-corrected chi connectivity index (χ0v) is 8.23. The Morgan fingerprint density at radius 2 is 2.00 bits per heavy atom. The van der Waals surface area contributed by atoms with E-state index in [0.717, 1.165) is 0 Å². The number of rotatable bonds is 7. The number of aliphatic carboxylic acids is 1. The molecule has 0 radical (unpaired) electrons. The van der Waals surface area contributed by atoms with Crippen LogP contribution in [0.3, 0.4) is 0 Å². The third-order valence-corrected chi connectivity index (χ3v) is 2.30. The number of aliphatic hydroxyl groups excluding tert-OH is 2. The zero-order valence-electron chi connectivity index (χ0n) is 8.23. The third kappa shape index (κ3) is 3.59. The number of nitrogens with one attached hydrogen (secondary N) is 1. The fourth-order valence-electron chi connectivity index (χ4n) is 0.924. The Labute approximate surface area is 82.7 Å². The highest BCUT2D eigenvalue weighted by atomic mass is 16.4. The maximum absolute atomic E-state index is 10.4. The van der Waals surface area contributed by atoms with Crippen LogP contribution in [-0.2, 0) is 4.79 Å². The molecule has 0 aliphatic carbocycles. The first-order valence-corrected chi connectivity index (χ1v) is 4.46. The molecule has 1 unspecified atom stereocenters. The van der Waals surface area contributed by atoms with E-state index in [1.165, 1.54) is 0 Å². The molecule has 0 amide bonds. The van der Waals surface area contributed by atoms with Crippen molar-refractivity contribution in [3.8, 4) is 0 Å². The maximum atomic E-state index is 10.4. The number of carbonyl (C=O) groups is 1. The molecular formula is C8H18N2O4. The van der Waals surface area contributed by atoms with Crippen LogP contribution in [0.15, 0.2) is 0 Å². The number of hydrogen-bond donors (Lipinski definition) is 5.